The fourth-order valence-corrected chi connectivity index (χ4v) is 4.51. The molecule has 3 unspecified atom stereocenters. The number of rotatable bonds is 8. The maximum absolute atomic E-state index is 13.4. The maximum atomic E-state index is 13.4. The summed E-state index contributed by atoms with van der Waals surface area (Å²) in [5, 5.41) is 10.5. The molecule has 1 aliphatic rings. The van der Waals surface area contributed by atoms with Crippen LogP contribution in [-0.4, -0.2) is 58.4 Å². The van der Waals surface area contributed by atoms with Crippen molar-refractivity contribution in [3.8, 4) is 5.75 Å². The van der Waals surface area contributed by atoms with Gasteiger partial charge in [0.25, 0.3) is 0 Å². The SMILES string of the molecule is COc1ccc(C)c([N+](CCC2CCN(C(=O)C(C)C(C)(C)C)C2C(=O)C(C)C)=C(C)O)c1. The lowest BCUT2D eigenvalue weighted by Gasteiger charge is -2.34. The fraction of sp³-hybridized carbons (Fsp3) is 0.667. The Bertz CT molecular complexity index is 894. The number of amides is 1. The zero-order valence-corrected chi connectivity index (χ0v) is 21.9. The summed E-state index contributed by atoms with van der Waals surface area (Å²) in [5.74, 6) is 0.870. The second kappa shape index (κ2) is 10.7. The number of hydrogen-bond acceptors (Lipinski definition) is 3. The molecule has 1 aliphatic heterocycles. The lowest BCUT2D eigenvalue weighted by Crippen LogP contribution is -2.48. The molecule has 3 atom stereocenters. The Hall–Kier alpha value is -2.37. The number of aryl methyl sites for hydroxylation is 1. The quantitative estimate of drug-likeness (QED) is 0.332. The van der Waals surface area contributed by atoms with E-state index in [1.807, 2.05) is 55.4 Å². The van der Waals surface area contributed by atoms with Gasteiger partial charge in [0.05, 0.1) is 26.1 Å². The Balaban J connectivity index is 2.30. The van der Waals surface area contributed by atoms with Gasteiger partial charge in [-0.25, -0.2) is 0 Å². The molecule has 0 saturated carbocycles. The van der Waals surface area contributed by atoms with Gasteiger partial charge in [0.15, 0.2) is 12.3 Å². The van der Waals surface area contributed by atoms with E-state index in [4.69, 9.17) is 4.74 Å². The monoisotopic (exact) mass is 459 g/mol. The van der Waals surface area contributed by atoms with Gasteiger partial charge in [-0.05, 0) is 36.8 Å². The molecule has 1 aromatic rings. The van der Waals surface area contributed by atoms with E-state index in [0.717, 1.165) is 23.4 Å². The number of Topliss-reactive ketones (excluding diaryl/α,β-unsaturated/α-hetero) is 1. The summed E-state index contributed by atoms with van der Waals surface area (Å²) < 4.78 is 7.25. The highest BCUT2D eigenvalue weighted by molar-refractivity contribution is 5.91. The number of aliphatic hydroxyl groups is 1. The number of hydrogen-bond donors (Lipinski definition) is 1. The van der Waals surface area contributed by atoms with Crippen molar-refractivity contribution in [2.24, 2.45) is 23.2 Å². The van der Waals surface area contributed by atoms with E-state index in [1.54, 1.807) is 14.0 Å². The van der Waals surface area contributed by atoms with E-state index >= 15 is 0 Å². The van der Waals surface area contributed by atoms with Crippen LogP contribution < -0.4 is 4.74 Å². The van der Waals surface area contributed by atoms with Crippen LogP contribution in [0.5, 0.6) is 5.75 Å². The Labute approximate surface area is 199 Å². The summed E-state index contributed by atoms with van der Waals surface area (Å²) in [7, 11) is 1.62. The smallest absolute Gasteiger partial charge is 0.336 e. The second-order valence-corrected chi connectivity index (χ2v) is 10.8. The minimum absolute atomic E-state index is 0.0591. The fourth-order valence-electron chi connectivity index (χ4n) is 4.51. The maximum Gasteiger partial charge on any atom is 0.336 e. The molecular formula is C27H43N2O4+. The van der Waals surface area contributed by atoms with Crippen LogP contribution in [0.4, 0.5) is 5.69 Å². The van der Waals surface area contributed by atoms with Crippen molar-refractivity contribution in [1.29, 1.82) is 0 Å². The second-order valence-electron chi connectivity index (χ2n) is 10.8. The highest BCUT2D eigenvalue weighted by Crippen LogP contribution is 2.35. The average Bonchev–Trinajstić information content (AvgIpc) is 3.16. The summed E-state index contributed by atoms with van der Waals surface area (Å²) in [6.07, 6.45) is 1.49. The van der Waals surface area contributed by atoms with Crippen molar-refractivity contribution in [3.05, 3.63) is 23.8 Å². The zero-order chi connectivity index (χ0) is 25.1. The first kappa shape index (κ1) is 26.9. The van der Waals surface area contributed by atoms with E-state index in [9.17, 15) is 14.7 Å². The molecule has 0 aliphatic carbocycles. The van der Waals surface area contributed by atoms with Crippen molar-refractivity contribution in [2.75, 3.05) is 20.2 Å². The number of carbonyl (C=O) groups excluding carboxylic acids is 2. The van der Waals surface area contributed by atoms with Gasteiger partial charge in [0.2, 0.25) is 11.6 Å². The zero-order valence-electron chi connectivity index (χ0n) is 21.9. The van der Waals surface area contributed by atoms with Gasteiger partial charge in [-0.2, -0.15) is 4.58 Å². The molecule has 2 rings (SSSR count). The van der Waals surface area contributed by atoms with Crippen LogP contribution in [0.1, 0.15) is 66.9 Å². The molecule has 0 spiro atoms. The highest BCUT2D eigenvalue weighted by atomic mass is 16.5. The van der Waals surface area contributed by atoms with Gasteiger partial charge in [-0.1, -0.05) is 41.5 Å². The summed E-state index contributed by atoms with van der Waals surface area (Å²) in [6.45, 7) is 16.8. The number of methoxy groups -OCH3 is 1. The first-order chi connectivity index (χ1) is 15.3. The molecule has 1 amide bonds. The third kappa shape index (κ3) is 6.15. The normalized spacial score (nSPS) is 20.6. The van der Waals surface area contributed by atoms with Crippen molar-refractivity contribution < 1.29 is 24.0 Å². The molecule has 0 aromatic heterocycles. The number of likely N-dealkylation sites (tertiary alicyclic amines) is 1. The molecule has 1 saturated heterocycles. The molecule has 1 fully saturated rings. The number of nitrogens with zero attached hydrogens (tertiary/aromatic N) is 2. The van der Waals surface area contributed by atoms with E-state index in [2.05, 4.69) is 20.8 Å². The first-order valence-corrected chi connectivity index (χ1v) is 12.1. The number of aliphatic hydroxyl groups excluding tert-OH is 1. The molecule has 6 nitrogen and oxygen atoms in total. The van der Waals surface area contributed by atoms with Crippen LogP contribution in [0.3, 0.4) is 0 Å². The number of carbonyl (C=O) groups is 2. The van der Waals surface area contributed by atoms with Crippen molar-refractivity contribution >= 4 is 23.3 Å². The molecule has 6 heteroatoms. The predicted octanol–water partition coefficient (Wildman–Crippen LogP) is 5.14. The van der Waals surface area contributed by atoms with Crippen LogP contribution >= 0.6 is 0 Å². The largest absolute Gasteiger partial charge is 0.497 e. The van der Waals surface area contributed by atoms with Gasteiger partial charge in [-0.15, -0.1) is 0 Å². The lowest BCUT2D eigenvalue weighted by atomic mass is 9.80. The Morgan fingerprint density at radius 1 is 1.24 bits per heavy atom. The molecule has 1 N–H and O–H groups in total. The molecular weight excluding hydrogens is 416 g/mol. The van der Waals surface area contributed by atoms with Crippen LogP contribution in [0.15, 0.2) is 18.2 Å². The summed E-state index contributed by atoms with van der Waals surface area (Å²) in [6, 6.07) is 5.38. The Morgan fingerprint density at radius 2 is 1.88 bits per heavy atom. The summed E-state index contributed by atoms with van der Waals surface area (Å²) in [4.78, 5) is 28.4. The van der Waals surface area contributed by atoms with Crippen LogP contribution in [0.2, 0.25) is 0 Å². The van der Waals surface area contributed by atoms with E-state index in [-0.39, 0.29) is 40.8 Å². The van der Waals surface area contributed by atoms with Crippen LogP contribution in [0, 0.1) is 30.1 Å². The highest BCUT2D eigenvalue weighted by Gasteiger charge is 2.45. The van der Waals surface area contributed by atoms with E-state index in [0.29, 0.717) is 19.5 Å². The first-order valence-electron chi connectivity index (χ1n) is 12.1. The average molecular weight is 460 g/mol. The van der Waals surface area contributed by atoms with Gasteiger partial charge in [-0.3, -0.25) is 9.59 Å². The summed E-state index contributed by atoms with van der Waals surface area (Å²) >= 11 is 0. The van der Waals surface area contributed by atoms with E-state index < -0.39 is 6.04 Å². The minimum Gasteiger partial charge on any atom is -0.497 e. The number of ether oxygens (including phenoxy) is 1. The summed E-state index contributed by atoms with van der Waals surface area (Å²) in [5.41, 5.74) is 1.75. The Kier molecular flexibility index (Phi) is 8.72. The molecule has 0 radical (unpaired) electrons. The van der Waals surface area contributed by atoms with Crippen molar-refractivity contribution in [3.63, 3.8) is 0 Å². The molecule has 1 heterocycles. The van der Waals surface area contributed by atoms with Gasteiger partial charge >= 0.3 is 5.90 Å². The lowest BCUT2D eigenvalue weighted by molar-refractivity contribution is -0.452. The predicted molar refractivity (Wildman–Crippen MR) is 133 cm³/mol. The van der Waals surface area contributed by atoms with Crippen molar-refractivity contribution in [2.45, 2.75) is 74.3 Å². The number of benzene rings is 1. The van der Waals surface area contributed by atoms with Crippen LogP contribution in [0.25, 0.3) is 0 Å². The molecule has 0 bridgehead atoms. The van der Waals surface area contributed by atoms with Gasteiger partial charge in [0.1, 0.15) is 5.75 Å². The van der Waals surface area contributed by atoms with Crippen LogP contribution in [-0.2, 0) is 9.59 Å². The van der Waals surface area contributed by atoms with Crippen molar-refractivity contribution in [1.82, 2.24) is 4.90 Å². The third-order valence-corrected chi connectivity index (χ3v) is 7.16. The molecule has 1 aromatic carbocycles. The Morgan fingerprint density at radius 3 is 2.39 bits per heavy atom. The van der Waals surface area contributed by atoms with Gasteiger partial charge < -0.3 is 14.7 Å². The molecule has 33 heavy (non-hydrogen) atoms. The molecule has 184 valence electrons. The van der Waals surface area contributed by atoms with Gasteiger partial charge in [0, 0.05) is 30.4 Å². The standard InChI is InChI=1S/C27H42N2O4/c1-17(2)25(31)24-21(13-15-29(24)26(32)19(4)27(6,7)8)12-14-28(20(5)30)23-16-22(33-9)11-10-18(23)3/h10-11,16-17,19,21,24H,12-15H2,1-9H3/p+1. The topological polar surface area (TPSA) is 69.8 Å². The van der Waals surface area contributed by atoms with E-state index in [1.165, 1.54) is 0 Å². The number of ketones is 1. The third-order valence-electron chi connectivity index (χ3n) is 7.16. The minimum atomic E-state index is -0.408.